The van der Waals surface area contributed by atoms with Crippen LogP contribution in [0.25, 0.3) is 0 Å². The van der Waals surface area contributed by atoms with Gasteiger partial charge in [0, 0.05) is 5.02 Å². The molecule has 1 aliphatic rings. The summed E-state index contributed by atoms with van der Waals surface area (Å²) < 4.78 is 5.61. The number of phenolic OH excluding ortho intramolecular Hbond substituents is 2. The van der Waals surface area contributed by atoms with E-state index in [1.165, 1.54) is 24.3 Å². The Morgan fingerprint density at radius 3 is 1.89 bits per heavy atom. The van der Waals surface area contributed by atoms with E-state index in [0.29, 0.717) is 10.6 Å². The van der Waals surface area contributed by atoms with Crippen LogP contribution in [0.1, 0.15) is 32.4 Å². The zero-order valence-corrected chi connectivity index (χ0v) is 18.7. The Morgan fingerprint density at radius 2 is 1.34 bits per heavy atom. The summed E-state index contributed by atoms with van der Waals surface area (Å²) in [6.07, 6.45) is -0.940. The van der Waals surface area contributed by atoms with Gasteiger partial charge in [0.1, 0.15) is 17.2 Å². The Bertz CT molecular complexity index is 1370. The van der Waals surface area contributed by atoms with E-state index in [9.17, 15) is 19.8 Å². The summed E-state index contributed by atoms with van der Waals surface area (Å²) in [5.74, 6) is -2.32. The molecule has 10 nitrogen and oxygen atoms in total. The van der Waals surface area contributed by atoms with Crippen molar-refractivity contribution in [3.05, 3.63) is 94.5 Å². The molecule has 0 radical (unpaired) electrons. The Balaban J connectivity index is 1.66. The Morgan fingerprint density at radius 1 is 0.829 bits per heavy atom. The third-order valence-electron chi connectivity index (χ3n) is 4.96. The van der Waals surface area contributed by atoms with Crippen molar-refractivity contribution in [2.45, 2.75) is 6.10 Å². The number of aromatic hydroxyl groups is 2. The average molecular weight is 492 g/mol. The van der Waals surface area contributed by atoms with E-state index in [4.69, 9.17) is 21.7 Å². The molecule has 0 saturated carbocycles. The van der Waals surface area contributed by atoms with Crippen LogP contribution in [0.5, 0.6) is 11.5 Å². The average Bonchev–Trinajstić information content (AvgIpc) is 3.17. The maximum absolute atomic E-state index is 12.6. The molecule has 176 valence electrons. The zero-order chi connectivity index (χ0) is 24.9. The van der Waals surface area contributed by atoms with Crippen LogP contribution < -0.4 is 10.9 Å². The first kappa shape index (κ1) is 23.5. The first-order valence-corrected chi connectivity index (χ1v) is 10.6. The van der Waals surface area contributed by atoms with Crippen molar-refractivity contribution in [3.63, 3.8) is 0 Å². The lowest BCUT2D eigenvalue weighted by Crippen LogP contribution is -2.28. The van der Waals surface area contributed by atoms with Gasteiger partial charge in [0.2, 0.25) is 5.90 Å². The number of para-hydroxylation sites is 2. The van der Waals surface area contributed by atoms with E-state index in [1.54, 1.807) is 48.5 Å². The lowest BCUT2D eigenvalue weighted by Gasteiger charge is -2.11. The maximum atomic E-state index is 12.6. The molecule has 35 heavy (non-hydrogen) atoms. The second kappa shape index (κ2) is 10.1. The summed E-state index contributed by atoms with van der Waals surface area (Å²) in [4.78, 5) is 25.0. The molecule has 1 atom stereocenters. The summed E-state index contributed by atoms with van der Waals surface area (Å²) in [7, 11) is 0. The van der Waals surface area contributed by atoms with Gasteiger partial charge in [0.15, 0.2) is 11.8 Å². The lowest BCUT2D eigenvalue weighted by molar-refractivity contribution is 0.0943. The molecule has 3 aromatic rings. The van der Waals surface area contributed by atoms with Gasteiger partial charge >= 0.3 is 0 Å². The number of nitrogens with zero attached hydrogens (tertiary/aromatic N) is 2. The van der Waals surface area contributed by atoms with E-state index in [1.807, 2.05) is 0 Å². The molecular weight excluding hydrogens is 474 g/mol. The van der Waals surface area contributed by atoms with Gasteiger partial charge in [-0.3, -0.25) is 15.0 Å². The molecule has 4 rings (SSSR count). The molecule has 1 saturated heterocycles. The van der Waals surface area contributed by atoms with E-state index in [-0.39, 0.29) is 34.0 Å². The fourth-order valence-electron chi connectivity index (χ4n) is 3.22. The van der Waals surface area contributed by atoms with Gasteiger partial charge < -0.3 is 14.9 Å². The highest BCUT2D eigenvalue weighted by Gasteiger charge is 2.37. The monoisotopic (exact) mass is 491 g/mol. The summed E-state index contributed by atoms with van der Waals surface area (Å²) in [5.41, 5.74) is 4.99. The molecule has 0 aliphatic carbocycles. The van der Waals surface area contributed by atoms with Crippen LogP contribution in [0.2, 0.25) is 5.02 Å². The number of rotatable bonds is 5. The third-order valence-corrected chi connectivity index (χ3v) is 5.21. The van der Waals surface area contributed by atoms with Crippen molar-refractivity contribution in [1.29, 1.82) is 5.41 Å². The van der Waals surface area contributed by atoms with Gasteiger partial charge in [0.05, 0.1) is 11.1 Å². The minimum atomic E-state index is -0.940. The minimum absolute atomic E-state index is 0.0137. The van der Waals surface area contributed by atoms with Crippen LogP contribution in [0.15, 0.2) is 83.0 Å². The van der Waals surface area contributed by atoms with Crippen LogP contribution in [0.4, 0.5) is 0 Å². The predicted octanol–water partition coefficient (Wildman–Crippen LogP) is 3.37. The number of phenols is 2. The Kier molecular flexibility index (Phi) is 6.74. The largest absolute Gasteiger partial charge is 0.507 e. The zero-order valence-electron chi connectivity index (χ0n) is 17.9. The summed E-state index contributed by atoms with van der Waals surface area (Å²) in [5, 5.41) is 36.6. The number of hydrogen-bond donors (Lipinski definition) is 5. The number of carbonyl (C=O) groups is 2. The van der Waals surface area contributed by atoms with E-state index < -0.39 is 23.8 Å². The smallest absolute Gasteiger partial charge is 0.275 e. The quantitative estimate of drug-likeness (QED) is 0.346. The molecule has 1 heterocycles. The fraction of sp³-hybridized carbons (Fsp3) is 0.0417. The predicted molar refractivity (Wildman–Crippen MR) is 129 cm³/mol. The third kappa shape index (κ3) is 5.12. The van der Waals surface area contributed by atoms with E-state index in [0.717, 1.165) is 0 Å². The number of carbonyl (C=O) groups excluding carboxylic acids is 2. The molecule has 0 aromatic heterocycles. The standard InChI is InChI=1S/C24H18ClN5O5/c25-14-11-9-13(10-12-14)21-19(27-29-23(33)15-5-1-3-7-17(15)31)20(22(26)35-21)28-30-24(34)16-6-2-4-8-18(16)32/h1-12,21,26,31-32H,(H,29,33)(H,30,34)/b26-22?,27-19-,28-20+/t21-/m1/s1. The van der Waals surface area contributed by atoms with E-state index in [2.05, 4.69) is 21.1 Å². The summed E-state index contributed by atoms with van der Waals surface area (Å²) in [6, 6.07) is 18.4. The van der Waals surface area contributed by atoms with Crippen molar-refractivity contribution >= 4 is 40.7 Å². The molecule has 3 aromatic carbocycles. The molecule has 11 heteroatoms. The second-order valence-electron chi connectivity index (χ2n) is 7.25. The first-order valence-electron chi connectivity index (χ1n) is 10.2. The number of ether oxygens (including phenoxy) is 1. The molecule has 1 aliphatic heterocycles. The topological polar surface area (TPSA) is 156 Å². The summed E-state index contributed by atoms with van der Waals surface area (Å²) in [6.45, 7) is 0. The van der Waals surface area contributed by atoms with Gasteiger partial charge in [0.25, 0.3) is 11.8 Å². The molecule has 1 fully saturated rings. The van der Waals surface area contributed by atoms with Crippen LogP contribution in [-0.2, 0) is 4.74 Å². The molecule has 2 amide bonds. The number of amides is 2. The summed E-state index contributed by atoms with van der Waals surface area (Å²) >= 11 is 5.97. The second-order valence-corrected chi connectivity index (χ2v) is 7.69. The van der Waals surface area contributed by atoms with Crippen molar-refractivity contribution in [3.8, 4) is 11.5 Å². The van der Waals surface area contributed by atoms with Gasteiger partial charge in [-0.05, 0) is 42.0 Å². The number of hydrogen-bond acceptors (Lipinski definition) is 8. The van der Waals surface area contributed by atoms with Gasteiger partial charge in [-0.1, -0.05) is 48.0 Å². The molecular formula is C24H18ClN5O5. The Hall–Kier alpha value is -4.70. The van der Waals surface area contributed by atoms with Gasteiger partial charge in [-0.15, -0.1) is 0 Å². The van der Waals surface area contributed by atoms with Crippen molar-refractivity contribution in [1.82, 2.24) is 10.9 Å². The maximum Gasteiger partial charge on any atom is 0.275 e. The molecule has 5 N–H and O–H groups in total. The normalized spacial score (nSPS) is 17.3. The van der Waals surface area contributed by atoms with Crippen molar-refractivity contribution in [2.75, 3.05) is 0 Å². The van der Waals surface area contributed by atoms with Crippen molar-refractivity contribution in [2.24, 2.45) is 10.2 Å². The van der Waals surface area contributed by atoms with Crippen LogP contribution in [0.3, 0.4) is 0 Å². The highest BCUT2D eigenvalue weighted by molar-refractivity contribution is 6.69. The number of nitrogens with one attached hydrogen (secondary N) is 3. The number of halogens is 1. The fourth-order valence-corrected chi connectivity index (χ4v) is 3.35. The first-order chi connectivity index (χ1) is 16.8. The number of hydrazone groups is 2. The van der Waals surface area contributed by atoms with Crippen LogP contribution in [0, 0.1) is 5.41 Å². The SMILES string of the molecule is N=C1O[C@H](c2ccc(Cl)cc2)C(=N\NC(=O)c2ccccc2O)/C1=N\NC(=O)c1ccccc1O. The van der Waals surface area contributed by atoms with Gasteiger partial charge in [-0.2, -0.15) is 10.2 Å². The van der Waals surface area contributed by atoms with Crippen molar-refractivity contribution < 1.29 is 24.5 Å². The molecule has 0 spiro atoms. The lowest BCUT2D eigenvalue weighted by atomic mass is 10.0. The van der Waals surface area contributed by atoms with Crippen LogP contribution >= 0.6 is 11.6 Å². The van der Waals surface area contributed by atoms with Gasteiger partial charge in [-0.25, -0.2) is 10.9 Å². The van der Waals surface area contributed by atoms with E-state index >= 15 is 0 Å². The number of benzene rings is 3. The molecule has 0 unspecified atom stereocenters. The minimum Gasteiger partial charge on any atom is -0.507 e. The Labute approximate surface area is 204 Å². The highest BCUT2D eigenvalue weighted by atomic mass is 35.5. The van der Waals surface area contributed by atoms with Crippen LogP contribution in [-0.4, -0.2) is 39.3 Å². The highest BCUT2D eigenvalue weighted by Crippen LogP contribution is 2.28. The molecule has 0 bridgehead atoms.